The van der Waals surface area contributed by atoms with Gasteiger partial charge in [-0.15, -0.1) is 0 Å². The summed E-state index contributed by atoms with van der Waals surface area (Å²) in [5.41, 5.74) is 0.635. The number of aromatic nitrogens is 3. The first kappa shape index (κ1) is 10.0. The highest BCUT2D eigenvalue weighted by atomic mass is 32.1. The molecule has 17 heavy (non-hydrogen) atoms. The normalized spacial score (nSPS) is 10.8. The topological polar surface area (TPSA) is 64.7 Å². The Labute approximate surface area is 102 Å². The van der Waals surface area contributed by atoms with Gasteiger partial charge in [0, 0.05) is 5.39 Å². The quantitative estimate of drug-likeness (QED) is 0.576. The summed E-state index contributed by atoms with van der Waals surface area (Å²) in [6.45, 7) is 0. The molecule has 2 aromatic carbocycles. The number of fused-ring (bicyclic) bond motifs is 1. The predicted molar refractivity (Wildman–Crippen MR) is 68.4 cm³/mol. The molecule has 3 N–H and O–H groups in total. The summed E-state index contributed by atoms with van der Waals surface area (Å²) in [5, 5.41) is 17.5. The van der Waals surface area contributed by atoms with E-state index in [-0.39, 0.29) is 5.75 Å². The number of aromatic hydroxyl groups is 1. The van der Waals surface area contributed by atoms with Crippen LogP contribution < -0.4 is 0 Å². The van der Waals surface area contributed by atoms with Gasteiger partial charge in [0.25, 0.3) is 0 Å². The van der Waals surface area contributed by atoms with Crippen LogP contribution in [0.5, 0.6) is 5.75 Å². The molecule has 84 valence electrons. The number of rotatable bonds is 1. The molecule has 0 saturated carbocycles. The van der Waals surface area contributed by atoms with Crippen LogP contribution in [0.25, 0.3) is 22.2 Å². The van der Waals surface area contributed by atoms with Crippen molar-refractivity contribution in [1.82, 2.24) is 15.2 Å². The maximum atomic E-state index is 10.2. The highest BCUT2D eigenvalue weighted by Gasteiger charge is 2.10. The molecule has 1 aromatic heterocycles. The van der Waals surface area contributed by atoms with Crippen LogP contribution in [0.2, 0.25) is 0 Å². The van der Waals surface area contributed by atoms with Gasteiger partial charge in [-0.1, -0.05) is 30.3 Å². The molecule has 4 nitrogen and oxygen atoms in total. The molecule has 0 aliphatic heterocycles. The lowest BCUT2D eigenvalue weighted by Crippen LogP contribution is -1.83. The molecular formula is C12H9N3OS. The summed E-state index contributed by atoms with van der Waals surface area (Å²) in [6.07, 6.45) is 0. The highest BCUT2D eigenvalue weighted by Crippen LogP contribution is 2.33. The minimum absolute atomic E-state index is 0.209. The smallest absolute Gasteiger partial charge is 0.213 e. The average molecular weight is 243 g/mol. The van der Waals surface area contributed by atoms with Crippen molar-refractivity contribution in [2.45, 2.75) is 0 Å². The van der Waals surface area contributed by atoms with E-state index in [1.807, 2.05) is 36.4 Å². The number of nitrogens with zero attached hydrogens (tertiary/aromatic N) is 1. The number of hydrogen-bond acceptors (Lipinski definition) is 3. The zero-order valence-corrected chi connectivity index (χ0v) is 9.58. The summed E-state index contributed by atoms with van der Waals surface area (Å²) in [4.78, 5) is 4.09. The van der Waals surface area contributed by atoms with Crippen LogP contribution in [-0.4, -0.2) is 20.3 Å². The van der Waals surface area contributed by atoms with Gasteiger partial charge in [-0.2, -0.15) is 4.98 Å². The monoisotopic (exact) mass is 243 g/mol. The Morgan fingerprint density at radius 2 is 1.88 bits per heavy atom. The lowest BCUT2D eigenvalue weighted by molar-refractivity contribution is 0.483. The molecule has 3 aromatic rings. The van der Waals surface area contributed by atoms with Gasteiger partial charge in [0.2, 0.25) is 4.77 Å². The average Bonchev–Trinajstić information content (AvgIpc) is 2.77. The molecule has 0 fully saturated rings. The third-order valence-electron chi connectivity index (χ3n) is 2.66. The minimum atomic E-state index is 0.209. The Morgan fingerprint density at radius 3 is 2.65 bits per heavy atom. The van der Waals surface area contributed by atoms with Gasteiger partial charge in [0.1, 0.15) is 5.75 Å². The summed E-state index contributed by atoms with van der Waals surface area (Å²) < 4.78 is 0.368. The van der Waals surface area contributed by atoms with Gasteiger partial charge >= 0.3 is 0 Å². The van der Waals surface area contributed by atoms with Crippen LogP contribution >= 0.6 is 12.2 Å². The number of hydrogen-bond donors (Lipinski definition) is 3. The number of phenols is 1. The van der Waals surface area contributed by atoms with Gasteiger partial charge in [-0.05, 0) is 23.7 Å². The molecule has 0 amide bonds. The number of aromatic amines is 2. The first-order valence-corrected chi connectivity index (χ1v) is 5.52. The summed E-state index contributed by atoms with van der Waals surface area (Å²) in [6, 6.07) is 11.4. The van der Waals surface area contributed by atoms with Crippen molar-refractivity contribution in [2.24, 2.45) is 0 Å². The van der Waals surface area contributed by atoms with Crippen LogP contribution in [0.1, 0.15) is 0 Å². The predicted octanol–water partition coefficient (Wildman–Crippen LogP) is 2.99. The first-order valence-electron chi connectivity index (χ1n) is 5.11. The number of H-pyrrole nitrogens is 2. The standard InChI is InChI=1S/C12H9N3OS/c16-10-8-4-2-1-3-7(8)5-6-9(10)11-13-12(17)15-14-11/h1-6,16H,(H2,13,14,15,17). The SMILES string of the molecule is Oc1c(-c2nc(=S)[nH][nH]2)ccc2ccccc12. The minimum Gasteiger partial charge on any atom is -0.507 e. The van der Waals surface area contributed by atoms with Crippen molar-refractivity contribution < 1.29 is 5.11 Å². The maximum Gasteiger partial charge on any atom is 0.213 e. The lowest BCUT2D eigenvalue weighted by Gasteiger charge is -2.05. The fourth-order valence-corrected chi connectivity index (χ4v) is 1.99. The number of nitrogens with one attached hydrogen (secondary N) is 2. The zero-order valence-electron chi connectivity index (χ0n) is 8.77. The van der Waals surface area contributed by atoms with Crippen LogP contribution in [0, 0.1) is 4.77 Å². The van der Waals surface area contributed by atoms with Gasteiger partial charge in [0.05, 0.1) is 5.56 Å². The van der Waals surface area contributed by atoms with Crippen LogP contribution in [0.4, 0.5) is 0 Å². The van der Waals surface area contributed by atoms with Crippen LogP contribution in [0.3, 0.4) is 0 Å². The second kappa shape index (κ2) is 3.71. The summed E-state index contributed by atoms with van der Waals surface area (Å²) in [5.74, 6) is 0.749. The van der Waals surface area contributed by atoms with E-state index in [4.69, 9.17) is 12.2 Å². The molecule has 0 radical (unpaired) electrons. The molecular weight excluding hydrogens is 234 g/mol. The van der Waals surface area contributed by atoms with Gasteiger partial charge in [-0.3, -0.25) is 10.2 Å². The zero-order chi connectivity index (χ0) is 11.8. The van der Waals surface area contributed by atoms with Crippen molar-refractivity contribution in [3.8, 4) is 17.1 Å². The Bertz CT molecular complexity index is 745. The first-order chi connectivity index (χ1) is 8.25. The van der Waals surface area contributed by atoms with Crippen molar-refractivity contribution in [2.75, 3.05) is 0 Å². The third kappa shape index (κ3) is 1.60. The largest absolute Gasteiger partial charge is 0.507 e. The second-order valence-corrected chi connectivity index (χ2v) is 4.09. The van der Waals surface area contributed by atoms with Crippen molar-refractivity contribution in [3.63, 3.8) is 0 Å². The van der Waals surface area contributed by atoms with E-state index in [1.54, 1.807) is 0 Å². The molecule has 0 aliphatic rings. The van der Waals surface area contributed by atoms with E-state index in [0.29, 0.717) is 16.2 Å². The third-order valence-corrected chi connectivity index (χ3v) is 2.85. The Hall–Kier alpha value is -2.14. The number of benzene rings is 2. The molecule has 0 atom stereocenters. The fourth-order valence-electron chi connectivity index (χ4n) is 1.84. The van der Waals surface area contributed by atoms with E-state index in [0.717, 1.165) is 10.8 Å². The van der Waals surface area contributed by atoms with E-state index >= 15 is 0 Å². The van der Waals surface area contributed by atoms with E-state index < -0.39 is 0 Å². The van der Waals surface area contributed by atoms with Crippen molar-refractivity contribution in [1.29, 1.82) is 0 Å². The van der Waals surface area contributed by atoms with Gasteiger partial charge in [0.15, 0.2) is 5.82 Å². The van der Waals surface area contributed by atoms with Gasteiger partial charge < -0.3 is 5.11 Å². The summed E-state index contributed by atoms with van der Waals surface area (Å²) in [7, 11) is 0. The van der Waals surface area contributed by atoms with E-state index in [1.165, 1.54) is 0 Å². The van der Waals surface area contributed by atoms with Crippen LogP contribution in [-0.2, 0) is 0 Å². The second-order valence-electron chi connectivity index (χ2n) is 3.70. The molecule has 0 spiro atoms. The number of phenolic OH excluding ortho intramolecular Hbond substituents is 1. The van der Waals surface area contributed by atoms with Crippen LogP contribution in [0.15, 0.2) is 36.4 Å². The summed E-state index contributed by atoms with van der Waals surface area (Å²) >= 11 is 4.89. The maximum absolute atomic E-state index is 10.2. The Kier molecular flexibility index (Phi) is 2.19. The molecule has 0 aliphatic carbocycles. The van der Waals surface area contributed by atoms with E-state index in [2.05, 4.69) is 15.2 Å². The molecule has 3 rings (SSSR count). The lowest BCUT2D eigenvalue weighted by atomic mass is 10.1. The Morgan fingerprint density at radius 1 is 1.06 bits per heavy atom. The molecule has 5 heteroatoms. The van der Waals surface area contributed by atoms with Crippen molar-refractivity contribution in [3.05, 3.63) is 41.2 Å². The molecule has 0 saturated heterocycles. The molecule has 1 heterocycles. The van der Waals surface area contributed by atoms with Gasteiger partial charge in [-0.25, -0.2) is 0 Å². The Balaban J connectivity index is 2.31. The molecule has 0 unspecified atom stereocenters. The van der Waals surface area contributed by atoms with Crippen molar-refractivity contribution >= 4 is 23.0 Å². The van der Waals surface area contributed by atoms with E-state index in [9.17, 15) is 5.11 Å². The fraction of sp³-hybridized carbons (Fsp3) is 0. The molecule has 0 bridgehead atoms. The highest BCUT2D eigenvalue weighted by molar-refractivity contribution is 7.71.